The second kappa shape index (κ2) is 5.72. The van der Waals surface area contributed by atoms with E-state index < -0.39 is 12.6 Å². The van der Waals surface area contributed by atoms with Crippen molar-refractivity contribution in [3.63, 3.8) is 0 Å². The molecule has 86 valence electrons. The van der Waals surface area contributed by atoms with Gasteiger partial charge in [0.2, 0.25) is 0 Å². The second-order valence-corrected chi connectivity index (χ2v) is 3.18. The molecule has 15 heavy (non-hydrogen) atoms. The second-order valence-electron chi connectivity index (χ2n) is 3.18. The number of halogens is 3. The number of hydrogen-bond acceptors (Lipinski definition) is 1. The molecule has 2 nitrogen and oxygen atoms in total. The average Bonchev–Trinajstić information content (AvgIpc) is 2.09. The molecule has 1 unspecified atom stereocenters. The van der Waals surface area contributed by atoms with Gasteiger partial charge in [-0.25, -0.2) is 0 Å². The van der Waals surface area contributed by atoms with Crippen molar-refractivity contribution in [1.29, 1.82) is 0 Å². The maximum absolute atomic E-state index is 11.8. The number of hydrogen-bond donors (Lipinski definition) is 1. The lowest BCUT2D eigenvalue weighted by Crippen LogP contribution is -3.01. The van der Waals surface area contributed by atoms with Crippen molar-refractivity contribution in [3.05, 3.63) is 41.3 Å². The number of quaternary nitrogens is 1. The zero-order chi connectivity index (χ0) is 12.1. The Balaban J connectivity index is 4.24. The van der Waals surface area contributed by atoms with Gasteiger partial charge in [0.05, 0.1) is 13.5 Å². The van der Waals surface area contributed by atoms with Crippen LogP contribution >= 0.6 is 0 Å². The summed E-state index contributed by atoms with van der Waals surface area (Å²) >= 11 is 0. The smallest absolute Gasteiger partial charge is 0.392 e. The van der Waals surface area contributed by atoms with Gasteiger partial charge in [0.1, 0.15) is 5.70 Å². The van der Waals surface area contributed by atoms with E-state index in [4.69, 9.17) is 0 Å². The number of alkyl halides is 3. The normalized spacial score (nSPS) is 15.7. The summed E-state index contributed by atoms with van der Waals surface area (Å²) in [5.74, 6) is 0. The van der Waals surface area contributed by atoms with Crippen LogP contribution in [-0.4, -0.2) is 13.2 Å². The molecular weight excluding hydrogens is 207 g/mol. The van der Waals surface area contributed by atoms with Gasteiger partial charge < -0.3 is 10.3 Å². The molecule has 1 N–H and O–H groups in total. The first-order chi connectivity index (χ1) is 6.72. The van der Waals surface area contributed by atoms with Crippen molar-refractivity contribution in [2.45, 2.75) is 19.5 Å². The van der Waals surface area contributed by atoms with Crippen LogP contribution in [0.1, 0.15) is 13.3 Å². The lowest BCUT2D eigenvalue weighted by Gasteiger charge is -2.14. The number of hydroxylamine groups is 2. The van der Waals surface area contributed by atoms with Crippen LogP contribution in [0.5, 0.6) is 0 Å². The summed E-state index contributed by atoms with van der Waals surface area (Å²) in [6.07, 6.45) is -1.24. The molecule has 0 spiro atoms. The van der Waals surface area contributed by atoms with E-state index >= 15 is 0 Å². The van der Waals surface area contributed by atoms with E-state index in [1.165, 1.54) is 26.1 Å². The Morgan fingerprint density at radius 3 is 2.33 bits per heavy atom. The first-order valence-corrected chi connectivity index (χ1v) is 4.34. The minimum absolute atomic E-state index is 0.199. The average molecular weight is 221 g/mol. The van der Waals surface area contributed by atoms with E-state index in [1.54, 1.807) is 0 Å². The van der Waals surface area contributed by atoms with Crippen molar-refractivity contribution in [2.75, 3.05) is 7.05 Å². The van der Waals surface area contributed by atoms with Crippen LogP contribution in [0.4, 0.5) is 13.2 Å². The van der Waals surface area contributed by atoms with Crippen LogP contribution in [0.3, 0.4) is 0 Å². The minimum Gasteiger partial charge on any atom is -0.629 e. The largest absolute Gasteiger partial charge is 0.629 e. The van der Waals surface area contributed by atoms with Crippen LogP contribution in [0.15, 0.2) is 36.1 Å². The Kier molecular flexibility index (Phi) is 5.32. The standard InChI is InChI=1S/C10H14F3NO/c1-8(6-7-10(11,12)13)4-5-9(2)14(3)15/h4-6,14H,2,7H2,1,3H3/b5-4-,8-6-. The number of nitrogens with one attached hydrogen (secondary N) is 1. The Morgan fingerprint density at radius 1 is 1.40 bits per heavy atom. The number of rotatable bonds is 4. The molecule has 0 aromatic rings. The van der Waals surface area contributed by atoms with Crippen LogP contribution in [0, 0.1) is 5.21 Å². The number of allylic oxidation sites excluding steroid dienone is 4. The molecule has 0 aliphatic heterocycles. The molecule has 0 rings (SSSR count). The van der Waals surface area contributed by atoms with Crippen molar-refractivity contribution in [1.82, 2.24) is 0 Å². The van der Waals surface area contributed by atoms with Crippen molar-refractivity contribution >= 4 is 0 Å². The van der Waals surface area contributed by atoms with Gasteiger partial charge in [-0.3, -0.25) is 0 Å². The summed E-state index contributed by atoms with van der Waals surface area (Å²) in [6.45, 7) is 4.99. The molecule has 5 heteroatoms. The predicted molar refractivity (Wildman–Crippen MR) is 53.0 cm³/mol. The van der Waals surface area contributed by atoms with Gasteiger partial charge in [-0.1, -0.05) is 17.7 Å². The fourth-order valence-electron chi connectivity index (χ4n) is 0.694. The molecule has 0 saturated carbocycles. The van der Waals surface area contributed by atoms with Crippen LogP contribution in [-0.2, 0) is 0 Å². The van der Waals surface area contributed by atoms with E-state index in [1.807, 2.05) is 0 Å². The Labute approximate surface area is 87.0 Å². The summed E-state index contributed by atoms with van der Waals surface area (Å²) in [6, 6.07) is 0. The van der Waals surface area contributed by atoms with Gasteiger partial charge in [0, 0.05) is 0 Å². The molecule has 0 bridgehead atoms. The molecule has 0 aliphatic rings. The van der Waals surface area contributed by atoms with E-state index in [9.17, 15) is 18.4 Å². The van der Waals surface area contributed by atoms with Crippen LogP contribution < -0.4 is 5.06 Å². The molecule has 0 aromatic carbocycles. The molecule has 0 aromatic heterocycles. The Morgan fingerprint density at radius 2 is 1.93 bits per heavy atom. The molecule has 0 amide bonds. The fraction of sp³-hybridized carbons (Fsp3) is 0.400. The lowest BCUT2D eigenvalue weighted by atomic mass is 10.2. The third-order valence-corrected chi connectivity index (χ3v) is 1.66. The Bertz CT molecular complexity index is 277. The summed E-state index contributed by atoms with van der Waals surface area (Å²) in [7, 11) is 1.35. The monoisotopic (exact) mass is 221 g/mol. The van der Waals surface area contributed by atoms with Crippen LogP contribution in [0.25, 0.3) is 0 Å². The maximum Gasteiger partial charge on any atom is 0.392 e. The molecule has 0 saturated heterocycles. The highest BCUT2D eigenvalue weighted by molar-refractivity contribution is 5.21. The highest BCUT2D eigenvalue weighted by Crippen LogP contribution is 2.20. The maximum atomic E-state index is 11.8. The molecule has 0 fully saturated rings. The van der Waals surface area contributed by atoms with Gasteiger partial charge in [-0.2, -0.15) is 13.2 Å². The van der Waals surface area contributed by atoms with Crippen LogP contribution in [0.2, 0.25) is 0 Å². The summed E-state index contributed by atoms with van der Waals surface area (Å²) in [4.78, 5) is 0. The van der Waals surface area contributed by atoms with Gasteiger partial charge in [0.25, 0.3) is 0 Å². The fourth-order valence-corrected chi connectivity index (χ4v) is 0.694. The van der Waals surface area contributed by atoms with Gasteiger partial charge >= 0.3 is 6.18 Å². The molecule has 0 aliphatic carbocycles. The summed E-state index contributed by atoms with van der Waals surface area (Å²) < 4.78 is 35.4. The molecule has 0 heterocycles. The zero-order valence-electron chi connectivity index (χ0n) is 8.69. The van der Waals surface area contributed by atoms with Crippen molar-refractivity contribution in [2.24, 2.45) is 0 Å². The first kappa shape index (κ1) is 13.9. The SMILES string of the molecule is C=C(/C=C\C(C)=C/CC(F)(F)F)[NH+](C)[O-]. The van der Waals surface area contributed by atoms with Crippen molar-refractivity contribution < 1.29 is 18.2 Å². The van der Waals surface area contributed by atoms with E-state index in [0.717, 1.165) is 6.08 Å². The summed E-state index contributed by atoms with van der Waals surface area (Å²) in [5, 5.41) is 10.5. The zero-order valence-corrected chi connectivity index (χ0v) is 8.69. The van der Waals surface area contributed by atoms with Gasteiger partial charge in [-0.05, 0) is 19.6 Å². The quantitative estimate of drug-likeness (QED) is 0.570. The van der Waals surface area contributed by atoms with Crippen molar-refractivity contribution in [3.8, 4) is 0 Å². The highest BCUT2D eigenvalue weighted by atomic mass is 19.4. The number of likely N-dealkylation sites (N-methyl/N-ethyl adjacent to an activating group) is 1. The first-order valence-electron chi connectivity index (χ1n) is 4.34. The van der Waals surface area contributed by atoms with E-state index in [0.29, 0.717) is 5.57 Å². The summed E-state index contributed by atoms with van der Waals surface area (Å²) in [5.41, 5.74) is 0.726. The van der Waals surface area contributed by atoms with Gasteiger partial charge in [-0.15, -0.1) is 0 Å². The van der Waals surface area contributed by atoms with Gasteiger partial charge in [0.15, 0.2) is 0 Å². The molecular formula is C10H14F3NO. The Hall–Kier alpha value is -1.07. The van der Waals surface area contributed by atoms with E-state index in [2.05, 4.69) is 6.58 Å². The lowest BCUT2D eigenvalue weighted by molar-refractivity contribution is -0.778. The third kappa shape index (κ3) is 7.96. The molecule has 0 radical (unpaired) electrons. The topological polar surface area (TPSA) is 27.5 Å². The molecule has 1 atom stereocenters. The predicted octanol–water partition coefficient (Wildman–Crippen LogP) is 1.97. The highest BCUT2D eigenvalue weighted by Gasteiger charge is 2.24. The van der Waals surface area contributed by atoms with E-state index in [-0.39, 0.29) is 10.8 Å². The minimum atomic E-state index is -4.19. The third-order valence-electron chi connectivity index (χ3n) is 1.66.